The van der Waals surface area contributed by atoms with Crippen molar-refractivity contribution in [3.05, 3.63) is 70.4 Å². The fourth-order valence-electron chi connectivity index (χ4n) is 2.25. The van der Waals surface area contributed by atoms with Gasteiger partial charge in [0.05, 0.1) is 0 Å². The number of carbonyl (C=O) groups is 1. The summed E-state index contributed by atoms with van der Waals surface area (Å²) in [4.78, 5) is 12.3. The van der Waals surface area contributed by atoms with Crippen molar-refractivity contribution in [2.45, 2.75) is 13.3 Å². The number of hydrogen-bond donors (Lipinski definition) is 0. The summed E-state index contributed by atoms with van der Waals surface area (Å²) in [7, 11) is 0. The average Bonchev–Trinajstić information content (AvgIpc) is 2.81. The van der Waals surface area contributed by atoms with Crippen molar-refractivity contribution in [3.8, 4) is 0 Å². The fourth-order valence-corrected chi connectivity index (χ4v) is 2.43. The number of fused-ring (bicyclic) bond motifs is 1. The quantitative estimate of drug-likeness (QED) is 0.646. The van der Waals surface area contributed by atoms with Crippen molar-refractivity contribution in [2.75, 3.05) is 0 Å². The molecule has 1 heterocycles. The molecule has 0 fully saturated rings. The maximum Gasteiger partial charge on any atom is 0.202 e. The van der Waals surface area contributed by atoms with Crippen LogP contribution in [0.25, 0.3) is 11.0 Å². The number of carbonyl (C=O) groups excluding carboxylic acids is 1. The summed E-state index contributed by atoms with van der Waals surface area (Å²) in [6.45, 7) is 2.01. The largest absolute Gasteiger partial charge is 0.453 e. The van der Waals surface area contributed by atoms with Crippen LogP contribution in [0.2, 0.25) is 5.02 Å². The highest BCUT2D eigenvalue weighted by molar-refractivity contribution is 6.31. The van der Waals surface area contributed by atoms with Crippen LogP contribution in [-0.4, -0.2) is 5.78 Å². The van der Waals surface area contributed by atoms with Crippen molar-refractivity contribution in [1.29, 1.82) is 0 Å². The van der Waals surface area contributed by atoms with E-state index >= 15 is 0 Å². The molecule has 0 amide bonds. The molecule has 0 unspecified atom stereocenters. The van der Waals surface area contributed by atoms with E-state index in [1.54, 1.807) is 24.3 Å². The Morgan fingerprint density at radius 3 is 2.80 bits per heavy atom. The lowest BCUT2D eigenvalue weighted by Gasteiger charge is -2.00. The first kappa shape index (κ1) is 12.9. The Morgan fingerprint density at radius 2 is 2.00 bits per heavy atom. The third kappa shape index (κ3) is 2.61. The second-order valence-corrected chi connectivity index (χ2v) is 5.32. The monoisotopic (exact) mass is 284 g/mol. The minimum Gasteiger partial charge on any atom is -0.453 e. The lowest BCUT2D eigenvalue weighted by molar-refractivity contribution is 0.0968. The summed E-state index contributed by atoms with van der Waals surface area (Å²) in [5, 5.41) is 1.49. The van der Waals surface area contributed by atoms with Crippen LogP contribution in [0.4, 0.5) is 0 Å². The molecule has 0 aliphatic heterocycles. The van der Waals surface area contributed by atoms with Crippen LogP contribution < -0.4 is 0 Å². The number of rotatable bonds is 3. The van der Waals surface area contributed by atoms with E-state index in [9.17, 15) is 4.79 Å². The molecule has 0 saturated carbocycles. The molecular formula is C17H13ClO2. The fraction of sp³-hybridized carbons (Fsp3) is 0.118. The Balaban J connectivity index is 1.88. The highest BCUT2D eigenvalue weighted by atomic mass is 35.5. The highest BCUT2D eigenvalue weighted by Crippen LogP contribution is 2.24. The van der Waals surface area contributed by atoms with Crippen molar-refractivity contribution in [1.82, 2.24) is 0 Å². The van der Waals surface area contributed by atoms with Crippen LogP contribution in [0.1, 0.15) is 21.7 Å². The van der Waals surface area contributed by atoms with Gasteiger partial charge in [0.1, 0.15) is 5.58 Å². The SMILES string of the molecule is Cc1cccc(CC(=O)c2cc3cc(Cl)ccc3o2)c1. The van der Waals surface area contributed by atoms with E-state index in [0.717, 1.165) is 16.5 Å². The standard InChI is InChI=1S/C17H13ClO2/c1-11-3-2-4-12(7-11)8-15(19)17-10-13-9-14(18)5-6-16(13)20-17/h2-7,9-10H,8H2,1H3. The van der Waals surface area contributed by atoms with Crippen molar-refractivity contribution in [3.63, 3.8) is 0 Å². The van der Waals surface area contributed by atoms with Crippen molar-refractivity contribution < 1.29 is 9.21 Å². The Bertz CT molecular complexity index is 787. The molecule has 0 saturated heterocycles. The summed E-state index contributed by atoms with van der Waals surface area (Å²) in [6.07, 6.45) is 0.342. The summed E-state index contributed by atoms with van der Waals surface area (Å²) < 4.78 is 5.58. The smallest absolute Gasteiger partial charge is 0.202 e. The third-order valence-corrected chi connectivity index (χ3v) is 3.44. The topological polar surface area (TPSA) is 30.2 Å². The van der Waals surface area contributed by atoms with Crippen LogP contribution in [0.5, 0.6) is 0 Å². The van der Waals surface area contributed by atoms with Gasteiger partial charge in [-0.05, 0) is 36.8 Å². The normalized spacial score (nSPS) is 10.9. The van der Waals surface area contributed by atoms with E-state index in [2.05, 4.69) is 0 Å². The van der Waals surface area contributed by atoms with Gasteiger partial charge in [-0.3, -0.25) is 4.79 Å². The summed E-state index contributed by atoms with van der Waals surface area (Å²) in [5.41, 5.74) is 2.82. The molecule has 1 aromatic heterocycles. The minimum atomic E-state index is -0.0251. The zero-order valence-electron chi connectivity index (χ0n) is 11.0. The number of hydrogen-bond acceptors (Lipinski definition) is 2. The van der Waals surface area contributed by atoms with Gasteiger partial charge in [0.2, 0.25) is 5.78 Å². The molecule has 0 aliphatic carbocycles. The van der Waals surface area contributed by atoms with Crippen LogP contribution in [0, 0.1) is 6.92 Å². The zero-order valence-corrected chi connectivity index (χ0v) is 11.8. The van der Waals surface area contributed by atoms with Crippen LogP contribution in [-0.2, 0) is 6.42 Å². The molecule has 0 spiro atoms. The number of Topliss-reactive ketones (excluding diaryl/α,β-unsaturated/α-hetero) is 1. The molecule has 0 aliphatic rings. The van der Waals surface area contributed by atoms with Gasteiger partial charge in [-0.2, -0.15) is 0 Å². The molecule has 2 nitrogen and oxygen atoms in total. The van der Waals surface area contributed by atoms with Crippen molar-refractivity contribution in [2.24, 2.45) is 0 Å². The van der Waals surface area contributed by atoms with Gasteiger partial charge in [-0.1, -0.05) is 41.4 Å². The predicted octanol–water partition coefficient (Wildman–Crippen LogP) is 4.82. The molecule has 3 aromatic rings. The average molecular weight is 285 g/mol. The van der Waals surface area contributed by atoms with Gasteiger partial charge in [0, 0.05) is 16.8 Å². The Labute approximate surface area is 122 Å². The Kier molecular flexibility index (Phi) is 3.33. The number of aryl methyl sites for hydroxylation is 1. The van der Waals surface area contributed by atoms with Gasteiger partial charge >= 0.3 is 0 Å². The van der Waals surface area contributed by atoms with E-state index in [1.807, 2.05) is 31.2 Å². The molecule has 2 aromatic carbocycles. The third-order valence-electron chi connectivity index (χ3n) is 3.20. The summed E-state index contributed by atoms with van der Waals surface area (Å²) in [5.74, 6) is 0.353. The number of halogens is 1. The lowest BCUT2D eigenvalue weighted by atomic mass is 10.1. The molecule has 0 radical (unpaired) electrons. The van der Waals surface area contributed by atoms with Crippen LogP contribution in [0.15, 0.2) is 52.9 Å². The van der Waals surface area contributed by atoms with E-state index in [4.69, 9.17) is 16.0 Å². The van der Waals surface area contributed by atoms with E-state index in [0.29, 0.717) is 22.8 Å². The molecular weight excluding hydrogens is 272 g/mol. The van der Waals surface area contributed by atoms with Gasteiger partial charge in [0.25, 0.3) is 0 Å². The number of benzene rings is 2. The van der Waals surface area contributed by atoms with Crippen LogP contribution >= 0.6 is 11.6 Å². The second kappa shape index (κ2) is 5.14. The first-order valence-corrected chi connectivity index (χ1v) is 6.77. The van der Waals surface area contributed by atoms with Gasteiger partial charge in [-0.25, -0.2) is 0 Å². The number of ketones is 1. The molecule has 3 rings (SSSR count). The first-order chi connectivity index (χ1) is 9.61. The Hall–Kier alpha value is -2.06. The van der Waals surface area contributed by atoms with E-state index in [-0.39, 0.29) is 5.78 Å². The number of furan rings is 1. The molecule has 3 heteroatoms. The molecule has 0 atom stereocenters. The van der Waals surface area contributed by atoms with Gasteiger partial charge < -0.3 is 4.42 Å². The van der Waals surface area contributed by atoms with Gasteiger partial charge in [0.15, 0.2) is 5.76 Å². The first-order valence-electron chi connectivity index (χ1n) is 6.40. The van der Waals surface area contributed by atoms with Crippen molar-refractivity contribution >= 4 is 28.4 Å². The maximum absolute atomic E-state index is 12.3. The minimum absolute atomic E-state index is 0.0251. The second-order valence-electron chi connectivity index (χ2n) is 4.88. The van der Waals surface area contributed by atoms with E-state index < -0.39 is 0 Å². The Morgan fingerprint density at radius 1 is 1.15 bits per heavy atom. The van der Waals surface area contributed by atoms with Gasteiger partial charge in [-0.15, -0.1) is 0 Å². The van der Waals surface area contributed by atoms with E-state index in [1.165, 1.54) is 0 Å². The van der Waals surface area contributed by atoms with Crippen LogP contribution in [0.3, 0.4) is 0 Å². The molecule has 0 N–H and O–H groups in total. The zero-order chi connectivity index (χ0) is 14.1. The molecule has 100 valence electrons. The summed E-state index contributed by atoms with van der Waals surface area (Å²) >= 11 is 5.93. The lowest BCUT2D eigenvalue weighted by Crippen LogP contribution is -2.01. The molecule has 20 heavy (non-hydrogen) atoms. The highest BCUT2D eigenvalue weighted by Gasteiger charge is 2.13. The predicted molar refractivity (Wildman–Crippen MR) is 80.4 cm³/mol. The molecule has 0 bridgehead atoms. The maximum atomic E-state index is 12.3. The summed E-state index contributed by atoms with van der Waals surface area (Å²) in [6, 6.07) is 15.0.